The average Bonchev–Trinajstić information content (AvgIpc) is 2.51. The molecule has 0 atom stereocenters. The molecule has 24 heavy (non-hydrogen) atoms. The molecule has 1 aromatic rings. The molecule has 2 N–H and O–H groups in total. The van der Waals surface area contributed by atoms with Crippen LogP contribution in [0.15, 0.2) is 40.6 Å². The molecule has 0 aromatic heterocycles. The molecule has 0 saturated carbocycles. The Labute approximate surface area is 143 Å². The van der Waals surface area contributed by atoms with E-state index in [0.29, 0.717) is 25.0 Å². The quantitative estimate of drug-likeness (QED) is 0.784. The maximum Gasteiger partial charge on any atom is 0.168 e. The van der Waals surface area contributed by atoms with E-state index < -0.39 is 0 Å². The lowest BCUT2D eigenvalue weighted by Gasteiger charge is -2.28. The molecule has 5 nitrogen and oxygen atoms in total. The van der Waals surface area contributed by atoms with E-state index >= 15 is 0 Å². The number of nitrogens with zero attached hydrogens (tertiary/aromatic N) is 2. The molecule has 0 unspecified atom stereocenters. The number of ketones is 1. The SMILES string of the molecule is CCN(CCO)c1ccc(N=CC2=C(O)CC(C)(C)CC2=O)cc1. The molecule has 0 radical (unpaired) electrons. The van der Waals surface area contributed by atoms with Crippen molar-refractivity contribution < 1.29 is 15.0 Å². The van der Waals surface area contributed by atoms with Crippen LogP contribution in [0.2, 0.25) is 0 Å². The second kappa shape index (κ2) is 7.62. The van der Waals surface area contributed by atoms with E-state index in [4.69, 9.17) is 5.11 Å². The predicted octanol–water partition coefficient (Wildman–Crippen LogP) is 3.41. The van der Waals surface area contributed by atoms with E-state index in [-0.39, 0.29) is 23.6 Å². The minimum absolute atomic E-state index is 0.0655. The van der Waals surface area contributed by atoms with Crippen molar-refractivity contribution in [3.63, 3.8) is 0 Å². The van der Waals surface area contributed by atoms with E-state index in [1.54, 1.807) is 0 Å². The molecule has 1 aliphatic carbocycles. The van der Waals surface area contributed by atoms with Gasteiger partial charge in [0, 0.05) is 37.8 Å². The second-order valence-corrected chi connectivity index (χ2v) is 6.88. The van der Waals surface area contributed by atoms with Gasteiger partial charge in [-0.3, -0.25) is 9.79 Å². The number of aliphatic hydroxyl groups excluding tert-OH is 2. The molecule has 130 valence electrons. The van der Waals surface area contributed by atoms with Gasteiger partial charge in [0.2, 0.25) is 0 Å². The Morgan fingerprint density at radius 1 is 1.25 bits per heavy atom. The highest BCUT2D eigenvalue weighted by Gasteiger charge is 2.32. The lowest BCUT2D eigenvalue weighted by molar-refractivity contribution is -0.117. The molecule has 0 saturated heterocycles. The summed E-state index contributed by atoms with van der Waals surface area (Å²) in [5.74, 6) is 0.0564. The Bertz CT molecular complexity index is 645. The van der Waals surface area contributed by atoms with Crippen molar-refractivity contribution in [2.75, 3.05) is 24.6 Å². The minimum atomic E-state index is -0.198. The Morgan fingerprint density at radius 2 is 1.92 bits per heavy atom. The van der Waals surface area contributed by atoms with Gasteiger partial charge < -0.3 is 15.1 Å². The van der Waals surface area contributed by atoms with Gasteiger partial charge in [-0.15, -0.1) is 0 Å². The van der Waals surface area contributed by atoms with Crippen molar-refractivity contribution in [3.8, 4) is 0 Å². The first-order valence-corrected chi connectivity index (χ1v) is 8.31. The van der Waals surface area contributed by atoms with Crippen LogP contribution in [0.3, 0.4) is 0 Å². The third-order valence-corrected chi connectivity index (χ3v) is 4.21. The van der Waals surface area contributed by atoms with Crippen LogP contribution >= 0.6 is 0 Å². The number of Topliss-reactive ketones (excluding diaryl/α,β-unsaturated/α-hetero) is 1. The van der Waals surface area contributed by atoms with Crippen molar-refractivity contribution in [1.82, 2.24) is 0 Å². The van der Waals surface area contributed by atoms with Gasteiger partial charge in [0.05, 0.1) is 17.9 Å². The van der Waals surface area contributed by atoms with Gasteiger partial charge in [-0.25, -0.2) is 0 Å². The summed E-state index contributed by atoms with van der Waals surface area (Å²) in [5.41, 5.74) is 1.85. The first-order valence-electron chi connectivity index (χ1n) is 8.31. The number of anilines is 1. The van der Waals surface area contributed by atoms with E-state index in [2.05, 4.69) is 9.89 Å². The fourth-order valence-corrected chi connectivity index (χ4v) is 2.93. The third-order valence-electron chi connectivity index (χ3n) is 4.21. The second-order valence-electron chi connectivity index (χ2n) is 6.88. The van der Waals surface area contributed by atoms with Gasteiger partial charge in [-0.05, 0) is 36.6 Å². The van der Waals surface area contributed by atoms with Crippen molar-refractivity contribution >= 4 is 23.4 Å². The molecule has 0 amide bonds. The van der Waals surface area contributed by atoms with E-state index in [1.807, 2.05) is 45.0 Å². The number of allylic oxidation sites excluding steroid dienone is 2. The van der Waals surface area contributed by atoms with Crippen molar-refractivity contribution in [2.45, 2.75) is 33.6 Å². The standard InChI is InChI=1S/C19H26N2O3/c1-4-21(9-10-22)15-7-5-14(6-8-15)20-13-16-17(23)11-19(2,3)12-18(16)24/h5-8,13,22-23H,4,9-12H2,1-3H3. The van der Waals surface area contributed by atoms with Gasteiger partial charge >= 0.3 is 0 Å². The summed E-state index contributed by atoms with van der Waals surface area (Å²) in [7, 11) is 0. The summed E-state index contributed by atoms with van der Waals surface area (Å²) in [4.78, 5) is 18.5. The normalized spacial score (nSPS) is 17.6. The smallest absolute Gasteiger partial charge is 0.168 e. The van der Waals surface area contributed by atoms with Gasteiger partial charge in [0.25, 0.3) is 0 Å². The topological polar surface area (TPSA) is 73.1 Å². The molecular formula is C19H26N2O3. The minimum Gasteiger partial charge on any atom is -0.511 e. The van der Waals surface area contributed by atoms with Gasteiger partial charge in [0.1, 0.15) is 5.76 Å². The summed E-state index contributed by atoms with van der Waals surface area (Å²) in [5, 5.41) is 19.2. The zero-order valence-electron chi connectivity index (χ0n) is 14.6. The summed E-state index contributed by atoms with van der Waals surface area (Å²) >= 11 is 0. The van der Waals surface area contributed by atoms with Gasteiger partial charge in [-0.1, -0.05) is 13.8 Å². The van der Waals surface area contributed by atoms with Crippen molar-refractivity contribution in [1.29, 1.82) is 0 Å². The number of carbonyl (C=O) groups excluding carboxylic acids is 1. The van der Waals surface area contributed by atoms with Crippen LogP contribution in [0.5, 0.6) is 0 Å². The molecule has 5 heteroatoms. The largest absolute Gasteiger partial charge is 0.511 e. The number of likely N-dealkylation sites (N-methyl/N-ethyl adjacent to an activating group) is 1. The van der Waals surface area contributed by atoms with Crippen LogP contribution in [-0.4, -0.2) is 41.9 Å². The van der Waals surface area contributed by atoms with Crippen LogP contribution in [0, 0.1) is 5.41 Å². The number of benzene rings is 1. The van der Waals surface area contributed by atoms with E-state index in [9.17, 15) is 9.90 Å². The summed E-state index contributed by atoms with van der Waals surface area (Å²) in [6.45, 7) is 7.49. The lowest BCUT2D eigenvalue weighted by atomic mass is 9.77. The molecule has 2 rings (SSSR count). The highest BCUT2D eigenvalue weighted by atomic mass is 16.3. The van der Waals surface area contributed by atoms with Gasteiger partial charge in [0.15, 0.2) is 5.78 Å². The summed E-state index contributed by atoms with van der Waals surface area (Å²) < 4.78 is 0. The number of hydrogen-bond donors (Lipinski definition) is 2. The Morgan fingerprint density at radius 3 is 2.46 bits per heavy atom. The molecular weight excluding hydrogens is 304 g/mol. The number of rotatable bonds is 6. The fraction of sp³-hybridized carbons (Fsp3) is 0.474. The molecule has 0 spiro atoms. The zero-order valence-corrected chi connectivity index (χ0v) is 14.6. The first kappa shape index (κ1) is 18.2. The Kier molecular flexibility index (Phi) is 5.78. The zero-order chi connectivity index (χ0) is 17.7. The van der Waals surface area contributed by atoms with Crippen LogP contribution in [0.25, 0.3) is 0 Å². The average molecular weight is 330 g/mol. The highest BCUT2D eigenvalue weighted by Crippen LogP contribution is 2.35. The fourth-order valence-electron chi connectivity index (χ4n) is 2.93. The first-order chi connectivity index (χ1) is 11.4. The summed E-state index contributed by atoms with van der Waals surface area (Å²) in [6.07, 6.45) is 2.38. The summed E-state index contributed by atoms with van der Waals surface area (Å²) in [6, 6.07) is 7.60. The number of aliphatic hydroxyl groups is 2. The molecule has 1 aromatic carbocycles. The Hall–Kier alpha value is -2.14. The number of hydrogen-bond acceptors (Lipinski definition) is 5. The van der Waals surface area contributed by atoms with E-state index in [0.717, 1.165) is 17.9 Å². The lowest BCUT2D eigenvalue weighted by Crippen LogP contribution is -2.26. The molecule has 0 fully saturated rings. The van der Waals surface area contributed by atoms with E-state index in [1.165, 1.54) is 6.21 Å². The third kappa shape index (κ3) is 4.45. The number of carbonyl (C=O) groups is 1. The predicted molar refractivity (Wildman–Crippen MR) is 97.2 cm³/mol. The van der Waals surface area contributed by atoms with Crippen LogP contribution in [-0.2, 0) is 4.79 Å². The number of aliphatic imine (C=N–C) groups is 1. The van der Waals surface area contributed by atoms with Crippen molar-refractivity contribution in [2.24, 2.45) is 10.4 Å². The Balaban J connectivity index is 2.14. The maximum atomic E-state index is 12.2. The maximum absolute atomic E-state index is 12.2. The van der Waals surface area contributed by atoms with Crippen LogP contribution in [0.4, 0.5) is 11.4 Å². The highest BCUT2D eigenvalue weighted by molar-refractivity contribution is 6.14. The molecule has 0 bridgehead atoms. The molecule has 1 aliphatic rings. The molecule has 0 heterocycles. The van der Waals surface area contributed by atoms with Crippen LogP contribution < -0.4 is 4.90 Å². The monoisotopic (exact) mass is 330 g/mol. The van der Waals surface area contributed by atoms with Crippen LogP contribution in [0.1, 0.15) is 33.6 Å². The van der Waals surface area contributed by atoms with Gasteiger partial charge in [-0.2, -0.15) is 0 Å². The molecule has 0 aliphatic heterocycles. The van der Waals surface area contributed by atoms with Crippen molar-refractivity contribution in [3.05, 3.63) is 35.6 Å².